The van der Waals surface area contributed by atoms with Crippen LogP contribution in [0.1, 0.15) is 39.5 Å². The van der Waals surface area contributed by atoms with Crippen LogP contribution in [0, 0.1) is 0 Å². The number of rotatable bonds is 8. The average Bonchev–Trinajstić information content (AvgIpc) is 2.77. The summed E-state index contributed by atoms with van der Waals surface area (Å²) in [5.41, 5.74) is 0.409. The predicted molar refractivity (Wildman–Crippen MR) is 127 cm³/mol. The third-order valence-electron chi connectivity index (χ3n) is 5.40. The van der Waals surface area contributed by atoms with E-state index in [0.717, 1.165) is 25.7 Å². The molecule has 1 heterocycles. The third-order valence-corrected chi connectivity index (χ3v) is 7.89. The summed E-state index contributed by atoms with van der Waals surface area (Å²) in [7, 11) is -3.49. The van der Waals surface area contributed by atoms with Gasteiger partial charge >= 0.3 is 0 Å². The Morgan fingerprint density at radius 2 is 1.84 bits per heavy atom. The SMILES string of the molecule is C=CC(=O)NC1CCC(Nc2ncc(Cl)c(Nc3ccccc3S(=O)(=O)C(C)C)n2)CC1. The number of amides is 1. The van der Waals surface area contributed by atoms with E-state index in [1.54, 1.807) is 38.1 Å². The van der Waals surface area contributed by atoms with Crippen LogP contribution in [0.3, 0.4) is 0 Å². The number of carbonyl (C=O) groups excluding carboxylic acids is 1. The van der Waals surface area contributed by atoms with Gasteiger partial charge in [-0.1, -0.05) is 30.3 Å². The lowest BCUT2D eigenvalue weighted by atomic mass is 9.91. The summed E-state index contributed by atoms with van der Waals surface area (Å²) < 4.78 is 25.4. The number of nitrogens with zero attached hydrogens (tertiary/aromatic N) is 2. The van der Waals surface area contributed by atoms with E-state index in [4.69, 9.17) is 11.6 Å². The largest absolute Gasteiger partial charge is 0.351 e. The molecule has 172 valence electrons. The van der Waals surface area contributed by atoms with E-state index in [-0.39, 0.29) is 27.9 Å². The van der Waals surface area contributed by atoms with Crippen molar-refractivity contribution in [2.45, 2.75) is 61.8 Å². The van der Waals surface area contributed by atoms with Crippen molar-refractivity contribution in [3.63, 3.8) is 0 Å². The first kappa shape index (κ1) is 24.0. The van der Waals surface area contributed by atoms with Gasteiger partial charge < -0.3 is 16.0 Å². The Bertz CT molecular complexity index is 1080. The molecule has 1 amide bonds. The summed E-state index contributed by atoms with van der Waals surface area (Å²) in [5, 5.41) is 9.02. The quantitative estimate of drug-likeness (QED) is 0.491. The fraction of sp³-hybridized carbons (Fsp3) is 0.409. The second kappa shape index (κ2) is 10.3. The third kappa shape index (κ3) is 5.77. The number of hydrogen-bond acceptors (Lipinski definition) is 7. The number of nitrogens with one attached hydrogen (secondary N) is 3. The van der Waals surface area contributed by atoms with Gasteiger partial charge in [0.15, 0.2) is 15.7 Å². The van der Waals surface area contributed by atoms with Crippen molar-refractivity contribution in [3.8, 4) is 0 Å². The zero-order valence-electron chi connectivity index (χ0n) is 18.1. The summed E-state index contributed by atoms with van der Waals surface area (Å²) in [4.78, 5) is 20.4. The van der Waals surface area contributed by atoms with E-state index in [2.05, 4.69) is 32.5 Å². The first-order valence-corrected chi connectivity index (χ1v) is 12.4. The van der Waals surface area contributed by atoms with E-state index in [0.29, 0.717) is 17.5 Å². The zero-order chi connectivity index (χ0) is 23.3. The normalized spacial score (nSPS) is 18.8. The number of hydrogen-bond donors (Lipinski definition) is 3. The van der Waals surface area contributed by atoms with E-state index in [1.165, 1.54) is 12.3 Å². The maximum Gasteiger partial charge on any atom is 0.243 e. The Balaban J connectivity index is 1.72. The van der Waals surface area contributed by atoms with Crippen molar-refractivity contribution in [3.05, 3.63) is 48.1 Å². The Kier molecular flexibility index (Phi) is 7.73. The van der Waals surface area contributed by atoms with Gasteiger partial charge in [-0.15, -0.1) is 0 Å². The molecule has 8 nitrogen and oxygen atoms in total. The van der Waals surface area contributed by atoms with E-state index in [1.807, 2.05) is 0 Å². The predicted octanol–water partition coefficient (Wildman–Crippen LogP) is 4.08. The van der Waals surface area contributed by atoms with Crippen LogP contribution in [0.4, 0.5) is 17.5 Å². The fourth-order valence-corrected chi connectivity index (χ4v) is 4.89. The molecular formula is C22H28ClN5O3S. The van der Waals surface area contributed by atoms with Crippen LogP contribution < -0.4 is 16.0 Å². The van der Waals surface area contributed by atoms with Gasteiger partial charge in [-0.05, 0) is 57.7 Å². The first-order valence-electron chi connectivity index (χ1n) is 10.5. The van der Waals surface area contributed by atoms with Crippen molar-refractivity contribution in [1.29, 1.82) is 0 Å². The number of aromatic nitrogens is 2. The highest BCUT2D eigenvalue weighted by molar-refractivity contribution is 7.92. The summed E-state index contributed by atoms with van der Waals surface area (Å²) >= 11 is 6.29. The van der Waals surface area contributed by atoms with E-state index >= 15 is 0 Å². The van der Waals surface area contributed by atoms with Crippen molar-refractivity contribution in [2.75, 3.05) is 10.6 Å². The van der Waals surface area contributed by atoms with Gasteiger partial charge in [-0.2, -0.15) is 4.98 Å². The highest BCUT2D eigenvalue weighted by Crippen LogP contribution is 2.30. The molecule has 0 saturated heterocycles. The number of para-hydroxylation sites is 1. The molecule has 1 aliphatic carbocycles. The number of anilines is 3. The van der Waals surface area contributed by atoms with Gasteiger partial charge in [0.2, 0.25) is 11.9 Å². The Morgan fingerprint density at radius 3 is 2.50 bits per heavy atom. The van der Waals surface area contributed by atoms with Gasteiger partial charge in [0, 0.05) is 12.1 Å². The first-order chi connectivity index (χ1) is 15.2. The molecule has 0 unspecified atom stereocenters. The van der Waals surface area contributed by atoms with Gasteiger partial charge in [-0.3, -0.25) is 4.79 Å². The Labute approximate surface area is 193 Å². The second-order valence-corrected chi connectivity index (χ2v) is 10.9. The smallest absolute Gasteiger partial charge is 0.243 e. The lowest BCUT2D eigenvalue weighted by Crippen LogP contribution is -2.39. The lowest BCUT2D eigenvalue weighted by molar-refractivity contribution is -0.117. The zero-order valence-corrected chi connectivity index (χ0v) is 19.7. The van der Waals surface area contributed by atoms with E-state index < -0.39 is 15.1 Å². The standard InChI is InChI=1S/C22H28ClN5O3S/c1-4-20(29)25-15-9-11-16(12-10-15)26-22-24-13-17(23)21(28-22)27-18-7-5-6-8-19(18)32(30,31)14(2)3/h4-8,13-16H,1,9-12H2,2-3H3,(H,25,29)(H2,24,26,27,28). The molecule has 1 aliphatic rings. The van der Waals surface area contributed by atoms with Gasteiger partial charge in [0.05, 0.1) is 22.0 Å². The highest BCUT2D eigenvalue weighted by Gasteiger charge is 2.24. The molecule has 0 atom stereocenters. The molecule has 1 saturated carbocycles. The number of benzene rings is 1. The van der Waals surface area contributed by atoms with Crippen molar-refractivity contribution >= 4 is 44.8 Å². The molecule has 3 rings (SSSR count). The second-order valence-electron chi connectivity index (χ2n) is 8.01. The lowest BCUT2D eigenvalue weighted by Gasteiger charge is -2.29. The molecule has 0 radical (unpaired) electrons. The topological polar surface area (TPSA) is 113 Å². The summed E-state index contributed by atoms with van der Waals surface area (Å²) in [5.74, 6) is 0.570. The Morgan fingerprint density at radius 1 is 1.19 bits per heavy atom. The molecule has 1 aromatic heterocycles. The van der Waals surface area contributed by atoms with Crippen LogP contribution >= 0.6 is 11.6 Å². The van der Waals surface area contributed by atoms with Gasteiger partial charge in [0.25, 0.3) is 0 Å². The monoisotopic (exact) mass is 477 g/mol. The van der Waals surface area contributed by atoms with Crippen LogP contribution in [0.2, 0.25) is 5.02 Å². The molecule has 0 aliphatic heterocycles. The summed E-state index contributed by atoms with van der Waals surface area (Å²) in [6.45, 7) is 6.76. The van der Waals surface area contributed by atoms with E-state index in [9.17, 15) is 13.2 Å². The highest BCUT2D eigenvalue weighted by atomic mass is 35.5. The van der Waals surface area contributed by atoms with Crippen LogP contribution in [-0.2, 0) is 14.6 Å². The van der Waals surface area contributed by atoms with Gasteiger partial charge in [-0.25, -0.2) is 13.4 Å². The fourth-order valence-electron chi connectivity index (χ4n) is 3.55. The molecule has 2 aromatic rings. The van der Waals surface area contributed by atoms with Crippen LogP contribution in [0.25, 0.3) is 0 Å². The van der Waals surface area contributed by atoms with Gasteiger partial charge in [0.1, 0.15) is 5.02 Å². The molecule has 0 spiro atoms. The number of carbonyl (C=O) groups is 1. The van der Waals surface area contributed by atoms with Crippen molar-refractivity contribution in [2.24, 2.45) is 0 Å². The van der Waals surface area contributed by atoms with Crippen LogP contribution in [0.15, 0.2) is 48.0 Å². The molecule has 3 N–H and O–H groups in total. The Hall–Kier alpha value is -2.65. The number of sulfone groups is 1. The van der Waals surface area contributed by atoms with Crippen LogP contribution in [0.5, 0.6) is 0 Å². The summed E-state index contributed by atoms with van der Waals surface area (Å²) in [6, 6.07) is 6.98. The molecule has 32 heavy (non-hydrogen) atoms. The molecule has 10 heteroatoms. The molecule has 0 bridgehead atoms. The van der Waals surface area contributed by atoms with Crippen LogP contribution in [-0.4, -0.2) is 41.6 Å². The molecular weight excluding hydrogens is 450 g/mol. The van der Waals surface area contributed by atoms with Crippen molar-refractivity contribution < 1.29 is 13.2 Å². The minimum Gasteiger partial charge on any atom is -0.351 e. The minimum atomic E-state index is -3.49. The average molecular weight is 478 g/mol. The van der Waals surface area contributed by atoms with Crippen molar-refractivity contribution in [1.82, 2.24) is 15.3 Å². The maximum absolute atomic E-state index is 12.7. The summed E-state index contributed by atoms with van der Waals surface area (Å²) in [6.07, 6.45) is 6.16. The molecule has 1 fully saturated rings. The molecule has 1 aromatic carbocycles. The number of halogens is 1. The minimum absolute atomic E-state index is 0.140. The maximum atomic E-state index is 12.7.